The van der Waals surface area contributed by atoms with Gasteiger partial charge in [-0.1, -0.05) is 58.6 Å². The van der Waals surface area contributed by atoms with Gasteiger partial charge in [0.1, 0.15) is 0 Å². The zero-order valence-electron chi connectivity index (χ0n) is 22.3. The largest absolute Gasteiger partial charge is 0.161 e. The van der Waals surface area contributed by atoms with Gasteiger partial charge < -0.3 is 0 Å². The standard InChI is InChI=1S/C21H28P.C11H12P.2ClH.Zr/c1-3-11-19(12-4-1)22(20-13-5-2-6-14-20)21-15-17-9-7-8-10-18(17)16-21;1-12(2)11-7-9-5-3-4-6-10(9)8-11;;;/h7-10,15-16,19-20H,1-6,11-14H2;3-8H,1-2H3;2*1H;/q2*-1;;;+4/p-2. The fourth-order valence-corrected chi connectivity index (χ4v) is 10.8. The van der Waals surface area contributed by atoms with Crippen molar-refractivity contribution in [3.05, 3.63) is 72.8 Å². The molecule has 0 aromatic heterocycles. The van der Waals surface area contributed by atoms with E-state index < -0.39 is 20.8 Å². The summed E-state index contributed by atoms with van der Waals surface area (Å²) in [5.74, 6) is 0. The molecule has 4 aromatic rings. The first-order valence-electron chi connectivity index (χ1n) is 13.8. The molecule has 4 aromatic carbocycles. The summed E-state index contributed by atoms with van der Waals surface area (Å²) in [6, 6.07) is 27.2. The number of hydrogen-bond donors (Lipinski definition) is 0. The van der Waals surface area contributed by atoms with Crippen LogP contribution in [0.1, 0.15) is 64.2 Å². The monoisotopic (exact) mass is 646 g/mol. The van der Waals surface area contributed by atoms with Crippen LogP contribution >= 0.6 is 32.9 Å². The molecule has 2 saturated carbocycles. The Kier molecular flexibility index (Phi) is 12.7. The average Bonchev–Trinajstić information content (AvgIpc) is 3.56. The van der Waals surface area contributed by atoms with Gasteiger partial charge in [0.25, 0.3) is 0 Å². The van der Waals surface area contributed by atoms with Gasteiger partial charge in [0.2, 0.25) is 0 Å². The second-order valence-electron chi connectivity index (χ2n) is 10.6. The Hall–Kier alpha value is -0.0169. The Morgan fingerprint density at radius 3 is 1.49 bits per heavy atom. The first-order valence-corrected chi connectivity index (χ1v) is 23.9. The molecule has 0 nitrogen and oxygen atoms in total. The van der Waals surface area contributed by atoms with E-state index in [9.17, 15) is 0 Å². The third kappa shape index (κ3) is 8.48. The van der Waals surface area contributed by atoms with Gasteiger partial charge in [0, 0.05) is 0 Å². The second kappa shape index (κ2) is 15.7. The Morgan fingerprint density at radius 1 is 0.649 bits per heavy atom. The van der Waals surface area contributed by atoms with E-state index in [-0.39, 0.29) is 15.8 Å². The van der Waals surface area contributed by atoms with Crippen LogP contribution in [0.4, 0.5) is 0 Å². The van der Waals surface area contributed by atoms with Crippen molar-refractivity contribution in [2.75, 3.05) is 13.3 Å². The van der Waals surface area contributed by atoms with E-state index in [1.54, 1.807) is 5.30 Å². The van der Waals surface area contributed by atoms with E-state index in [2.05, 4.69) is 86.1 Å². The number of fused-ring (bicyclic) bond motifs is 2. The van der Waals surface area contributed by atoms with Crippen LogP contribution in [0.5, 0.6) is 0 Å². The second-order valence-corrected chi connectivity index (χ2v) is 19.5. The minimum absolute atomic E-state index is 0.0576. The van der Waals surface area contributed by atoms with Gasteiger partial charge in [-0.05, 0) is 50.3 Å². The predicted molar refractivity (Wildman–Crippen MR) is 169 cm³/mol. The number of hydrogen-bond acceptors (Lipinski definition) is 0. The van der Waals surface area contributed by atoms with Crippen molar-refractivity contribution < 1.29 is 20.8 Å². The van der Waals surface area contributed by atoms with Crippen molar-refractivity contribution in [2.24, 2.45) is 0 Å². The zero-order chi connectivity index (χ0) is 26.0. The number of halogens is 2. The summed E-state index contributed by atoms with van der Waals surface area (Å²) in [7, 11) is 9.99. The van der Waals surface area contributed by atoms with Crippen molar-refractivity contribution in [1.29, 1.82) is 0 Å². The minimum Gasteiger partial charge on any atom is -0.161 e. The van der Waals surface area contributed by atoms with Gasteiger partial charge in [-0.25, -0.2) is 0 Å². The van der Waals surface area contributed by atoms with Crippen LogP contribution in [0.25, 0.3) is 21.5 Å². The van der Waals surface area contributed by atoms with Crippen molar-refractivity contribution in [2.45, 2.75) is 75.5 Å². The normalized spacial score (nSPS) is 16.8. The molecule has 0 bridgehead atoms. The molecule has 0 amide bonds. The van der Waals surface area contributed by atoms with E-state index in [1.165, 1.54) is 91.1 Å². The van der Waals surface area contributed by atoms with Gasteiger partial charge in [0.05, 0.1) is 0 Å². The molecule has 0 saturated heterocycles. The molecule has 2 aliphatic rings. The van der Waals surface area contributed by atoms with E-state index in [1.807, 2.05) is 0 Å². The topological polar surface area (TPSA) is 0 Å². The molecule has 6 rings (SSSR count). The molecular weight excluding hydrogens is 608 g/mol. The minimum atomic E-state index is -0.826. The molecule has 0 atom stereocenters. The van der Waals surface area contributed by atoms with Crippen molar-refractivity contribution >= 4 is 65.0 Å². The van der Waals surface area contributed by atoms with Gasteiger partial charge >= 0.3 is 37.9 Å². The van der Waals surface area contributed by atoms with Crippen LogP contribution in [-0.2, 0) is 20.8 Å². The van der Waals surface area contributed by atoms with Crippen LogP contribution in [-0.4, -0.2) is 24.6 Å². The Morgan fingerprint density at radius 2 is 1.05 bits per heavy atom. The average molecular weight is 649 g/mol. The maximum atomic E-state index is 4.93. The molecule has 0 aliphatic heterocycles. The van der Waals surface area contributed by atoms with Crippen LogP contribution in [0, 0.1) is 0 Å². The quantitative estimate of drug-likeness (QED) is 0.153. The molecule has 37 heavy (non-hydrogen) atoms. The molecular formula is C32H40Cl2P2Zr. The van der Waals surface area contributed by atoms with E-state index in [0.717, 1.165) is 11.3 Å². The molecule has 0 unspecified atom stereocenters. The van der Waals surface area contributed by atoms with E-state index in [4.69, 9.17) is 17.0 Å². The molecule has 2 fully saturated rings. The summed E-state index contributed by atoms with van der Waals surface area (Å²) in [5, 5.41) is 8.93. The maximum Gasteiger partial charge on any atom is -0.0181 e. The molecule has 2 aliphatic carbocycles. The summed E-state index contributed by atoms with van der Waals surface area (Å²) in [6.07, 6.45) is 14.9. The zero-order valence-corrected chi connectivity index (χ0v) is 28.1. The van der Waals surface area contributed by atoms with E-state index >= 15 is 0 Å². The van der Waals surface area contributed by atoms with Crippen LogP contribution in [0.15, 0.2) is 72.8 Å². The molecule has 0 N–H and O–H groups in total. The molecule has 5 heteroatoms. The third-order valence-electron chi connectivity index (χ3n) is 7.96. The molecule has 0 spiro atoms. The number of rotatable bonds is 4. The summed E-state index contributed by atoms with van der Waals surface area (Å²) < 4.78 is 0. The van der Waals surface area contributed by atoms with Crippen LogP contribution in [0.2, 0.25) is 0 Å². The van der Waals surface area contributed by atoms with Crippen molar-refractivity contribution in [1.82, 2.24) is 0 Å². The SMILES string of the molecule is CP(C)c1cc2ccccc2[cH-]1.[Cl][Zr+2][Cl].c1ccc2[cH-]c(P(C3CCCCC3)C3CCCCC3)cc2c1. The Bertz CT molecular complexity index is 1120. The van der Waals surface area contributed by atoms with Crippen LogP contribution in [0.3, 0.4) is 0 Å². The van der Waals surface area contributed by atoms with E-state index in [0.29, 0.717) is 0 Å². The van der Waals surface area contributed by atoms with Crippen molar-refractivity contribution in [3.63, 3.8) is 0 Å². The predicted octanol–water partition coefficient (Wildman–Crippen LogP) is 10.6. The summed E-state index contributed by atoms with van der Waals surface area (Å²) in [4.78, 5) is 0. The van der Waals surface area contributed by atoms with Crippen LogP contribution < -0.4 is 10.6 Å². The summed E-state index contributed by atoms with van der Waals surface area (Å²) >= 11 is -0.826. The van der Waals surface area contributed by atoms with Gasteiger partial charge in [0.15, 0.2) is 0 Å². The third-order valence-corrected chi connectivity index (χ3v) is 12.7. The van der Waals surface area contributed by atoms with Gasteiger partial charge in [-0.3, -0.25) is 0 Å². The molecule has 196 valence electrons. The first kappa shape index (κ1) is 30.0. The maximum absolute atomic E-state index is 4.93. The van der Waals surface area contributed by atoms with Gasteiger partial charge in [-0.15, -0.1) is 88.6 Å². The molecule has 0 heterocycles. The Labute approximate surface area is 245 Å². The summed E-state index contributed by atoms with van der Waals surface area (Å²) in [5.41, 5.74) is 2.03. The molecule has 0 radical (unpaired) electrons. The first-order chi connectivity index (χ1) is 18.1. The smallest absolute Gasteiger partial charge is 0.0181 e. The fourth-order valence-electron chi connectivity index (χ4n) is 6.11. The summed E-state index contributed by atoms with van der Waals surface area (Å²) in [6.45, 7) is 4.59. The van der Waals surface area contributed by atoms with Gasteiger partial charge in [-0.2, -0.15) is 12.1 Å². The van der Waals surface area contributed by atoms with Crippen molar-refractivity contribution in [3.8, 4) is 0 Å². The fraction of sp³-hybridized carbons (Fsp3) is 0.438. The Balaban J connectivity index is 0.000000180. The number of benzene rings is 2.